The second-order valence-corrected chi connectivity index (χ2v) is 11.2. The predicted molar refractivity (Wildman–Crippen MR) is 156 cm³/mol. The van der Waals surface area contributed by atoms with Crippen molar-refractivity contribution in [2.24, 2.45) is 5.92 Å². The Morgan fingerprint density at radius 1 is 0.763 bits per heavy atom. The lowest BCUT2D eigenvalue weighted by Gasteiger charge is -2.27. The minimum Gasteiger partial charge on any atom is -0.450 e. The lowest BCUT2D eigenvalue weighted by Crippen LogP contribution is -2.41. The number of amides is 2. The second kappa shape index (κ2) is 13.3. The van der Waals surface area contributed by atoms with Gasteiger partial charge in [0.15, 0.2) is 0 Å². The van der Waals surface area contributed by atoms with E-state index in [4.69, 9.17) is 9.47 Å². The number of rotatable bonds is 12. The zero-order valence-electron chi connectivity index (χ0n) is 24.1. The number of benzene rings is 2. The fraction of sp³-hybridized carbons (Fsp3) is 0.438. The van der Waals surface area contributed by atoms with Crippen LogP contribution in [0.3, 0.4) is 0 Å². The lowest BCUT2D eigenvalue weighted by atomic mass is 9.92. The Bertz CT molecular complexity index is 1130. The molecule has 6 nitrogen and oxygen atoms in total. The highest BCUT2D eigenvalue weighted by molar-refractivity contribution is 5.69. The number of hydrogen-bond donors (Lipinski definition) is 2. The Morgan fingerprint density at radius 3 is 1.71 bits per heavy atom. The maximum absolute atomic E-state index is 12.4. The lowest BCUT2D eigenvalue weighted by molar-refractivity contribution is 0.118. The molecule has 0 aliphatic heterocycles. The van der Waals surface area contributed by atoms with Crippen LogP contribution in [0.2, 0.25) is 0 Å². The summed E-state index contributed by atoms with van der Waals surface area (Å²) in [5, 5.41) is 5.87. The van der Waals surface area contributed by atoms with Crippen molar-refractivity contribution in [2.45, 2.75) is 72.4 Å². The maximum Gasteiger partial charge on any atom is 0.407 e. The Hall–Kier alpha value is -3.54. The van der Waals surface area contributed by atoms with Crippen LogP contribution in [0.4, 0.5) is 9.59 Å². The van der Waals surface area contributed by atoms with Gasteiger partial charge in [-0.15, -0.1) is 0 Å². The van der Waals surface area contributed by atoms with Crippen LogP contribution in [-0.2, 0) is 20.6 Å². The Morgan fingerprint density at radius 2 is 1.24 bits per heavy atom. The van der Waals surface area contributed by atoms with Gasteiger partial charge in [0.25, 0.3) is 0 Å². The molecule has 0 spiro atoms. The largest absolute Gasteiger partial charge is 0.450 e. The van der Waals surface area contributed by atoms with E-state index in [1.807, 2.05) is 97.0 Å². The third-order valence-electron chi connectivity index (χ3n) is 6.69. The molecule has 0 bridgehead atoms. The van der Waals surface area contributed by atoms with Crippen LogP contribution in [0, 0.1) is 5.92 Å². The van der Waals surface area contributed by atoms with Crippen LogP contribution >= 0.6 is 0 Å². The van der Waals surface area contributed by atoms with Crippen molar-refractivity contribution in [3.8, 4) is 0 Å². The fourth-order valence-electron chi connectivity index (χ4n) is 3.92. The van der Waals surface area contributed by atoms with E-state index in [1.165, 1.54) is 0 Å². The van der Waals surface area contributed by atoms with E-state index in [0.717, 1.165) is 33.4 Å². The molecule has 2 amide bonds. The van der Waals surface area contributed by atoms with Gasteiger partial charge in [-0.2, -0.15) is 0 Å². The smallest absolute Gasteiger partial charge is 0.407 e. The summed E-state index contributed by atoms with van der Waals surface area (Å²) in [6.45, 7) is 22.2. The summed E-state index contributed by atoms with van der Waals surface area (Å²) >= 11 is 0. The van der Waals surface area contributed by atoms with E-state index < -0.39 is 23.3 Å². The summed E-state index contributed by atoms with van der Waals surface area (Å²) in [6, 6.07) is 15.9. The minimum absolute atomic E-state index is 0.221. The number of hydrogen-bond acceptors (Lipinski definition) is 4. The number of allylic oxidation sites excluding steroid dienone is 2. The summed E-state index contributed by atoms with van der Waals surface area (Å²) in [6.07, 6.45) is 0.424. The van der Waals surface area contributed by atoms with E-state index >= 15 is 0 Å². The molecular weight excluding hydrogens is 476 g/mol. The molecule has 1 unspecified atom stereocenters. The van der Waals surface area contributed by atoms with Crippen LogP contribution < -0.4 is 10.6 Å². The van der Waals surface area contributed by atoms with Gasteiger partial charge < -0.3 is 20.1 Å². The molecule has 0 aliphatic carbocycles. The summed E-state index contributed by atoms with van der Waals surface area (Å²) in [5.74, 6) is 0.221. The predicted octanol–water partition coefficient (Wildman–Crippen LogP) is 7.79. The van der Waals surface area contributed by atoms with E-state index in [0.29, 0.717) is 12.8 Å². The molecule has 2 N–H and O–H groups in total. The summed E-state index contributed by atoms with van der Waals surface area (Å²) < 4.78 is 10.8. The van der Waals surface area contributed by atoms with Crippen LogP contribution in [-0.4, -0.2) is 25.4 Å². The topological polar surface area (TPSA) is 76.7 Å². The van der Waals surface area contributed by atoms with E-state index in [2.05, 4.69) is 23.8 Å². The summed E-state index contributed by atoms with van der Waals surface area (Å²) in [7, 11) is 0. The average molecular weight is 521 g/mol. The molecule has 2 aromatic carbocycles. The molecule has 0 heterocycles. The van der Waals surface area contributed by atoms with Crippen LogP contribution in [0.25, 0.3) is 11.1 Å². The van der Waals surface area contributed by atoms with Gasteiger partial charge in [-0.1, -0.05) is 73.7 Å². The molecule has 0 saturated heterocycles. The van der Waals surface area contributed by atoms with Crippen molar-refractivity contribution >= 4 is 23.3 Å². The standard InChI is InChI=1S/C32H44N2O4/c1-22(2)25-13-15-27(16-14-25)31(6,7)33-29(35)37-19-17-24(5)18-20-38-30(36)34-32(8,9)28-12-10-11-26(21-28)23(3)4/h10-16,21,24H,1,3,17-20H2,2,4-9H3,(H,33,35)(H,34,36). The summed E-state index contributed by atoms with van der Waals surface area (Å²) in [5.41, 5.74) is 4.87. The molecular formula is C32H44N2O4. The van der Waals surface area contributed by atoms with Crippen LogP contribution in [0.1, 0.15) is 83.6 Å². The van der Waals surface area contributed by atoms with Gasteiger partial charge in [-0.3, -0.25) is 0 Å². The van der Waals surface area contributed by atoms with Crippen molar-refractivity contribution in [3.63, 3.8) is 0 Å². The van der Waals surface area contributed by atoms with E-state index in [1.54, 1.807) is 0 Å². The SMILES string of the molecule is C=C(C)c1ccc(C(C)(C)NC(=O)OCCC(C)CCOC(=O)NC(C)(C)c2cccc(C(=C)C)c2)cc1. The molecule has 0 fully saturated rings. The number of ether oxygens (including phenoxy) is 2. The average Bonchev–Trinajstić information content (AvgIpc) is 2.83. The van der Waals surface area contributed by atoms with Gasteiger partial charge in [0.05, 0.1) is 24.3 Å². The molecule has 206 valence electrons. The third kappa shape index (κ3) is 9.40. The highest BCUT2D eigenvalue weighted by atomic mass is 16.6. The Labute approximate surface area is 228 Å². The van der Waals surface area contributed by atoms with Crippen molar-refractivity contribution in [3.05, 3.63) is 83.9 Å². The molecule has 2 aromatic rings. The van der Waals surface area contributed by atoms with E-state index in [9.17, 15) is 9.59 Å². The molecule has 1 atom stereocenters. The minimum atomic E-state index is -0.588. The zero-order valence-corrected chi connectivity index (χ0v) is 24.1. The van der Waals surface area contributed by atoms with Crippen LogP contribution in [0.15, 0.2) is 61.7 Å². The molecule has 0 saturated carbocycles. The maximum atomic E-state index is 12.4. The molecule has 0 aliphatic rings. The van der Waals surface area contributed by atoms with Crippen molar-refractivity contribution in [1.82, 2.24) is 10.6 Å². The van der Waals surface area contributed by atoms with Crippen molar-refractivity contribution in [2.75, 3.05) is 13.2 Å². The van der Waals surface area contributed by atoms with Crippen LogP contribution in [0.5, 0.6) is 0 Å². The highest BCUT2D eigenvalue weighted by Gasteiger charge is 2.25. The first-order valence-electron chi connectivity index (χ1n) is 13.1. The van der Waals surface area contributed by atoms with Gasteiger partial charge in [-0.25, -0.2) is 9.59 Å². The van der Waals surface area contributed by atoms with Gasteiger partial charge >= 0.3 is 12.2 Å². The first-order chi connectivity index (χ1) is 17.7. The number of carbonyl (C=O) groups excluding carboxylic acids is 2. The molecule has 0 radical (unpaired) electrons. The third-order valence-corrected chi connectivity index (χ3v) is 6.69. The first-order valence-corrected chi connectivity index (χ1v) is 13.1. The Balaban J connectivity index is 1.71. The van der Waals surface area contributed by atoms with Crippen molar-refractivity contribution in [1.29, 1.82) is 0 Å². The van der Waals surface area contributed by atoms with Crippen molar-refractivity contribution < 1.29 is 19.1 Å². The normalized spacial score (nSPS) is 12.3. The first kappa shape index (κ1) is 30.7. The number of carbonyl (C=O) groups is 2. The summed E-state index contributed by atoms with van der Waals surface area (Å²) in [4.78, 5) is 24.8. The quantitative estimate of drug-likeness (QED) is 0.299. The molecule has 2 rings (SSSR count). The molecule has 38 heavy (non-hydrogen) atoms. The number of nitrogens with one attached hydrogen (secondary N) is 2. The van der Waals surface area contributed by atoms with Gasteiger partial charge in [0.2, 0.25) is 0 Å². The number of alkyl carbamates (subject to hydrolysis) is 2. The highest BCUT2D eigenvalue weighted by Crippen LogP contribution is 2.24. The fourth-order valence-corrected chi connectivity index (χ4v) is 3.92. The van der Waals surface area contributed by atoms with Gasteiger partial charge in [0, 0.05) is 0 Å². The van der Waals surface area contributed by atoms with Gasteiger partial charge in [0.1, 0.15) is 0 Å². The monoisotopic (exact) mass is 520 g/mol. The zero-order chi connectivity index (χ0) is 28.5. The molecule has 0 aromatic heterocycles. The molecule has 6 heteroatoms. The van der Waals surface area contributed by atoms with Gasteiger partial charge in [-0.05, 0) is 88.6 Å². The van der Waals surface area contributed by atoms with E-state index in [-0.39, 0.29) is 19.1 Å². The second-order valence-electron chi connectivity index (χ2n) is 11.2. The Kier molecular flexibility index (Phi) is 10.7.